The quantitative estimate of drug-likeness (QED) is 0.0426. The summed E-state index contributed by atoms with van der Waals surface area (Å²) in [6.45, 7) is 58.0. The van der Waals surface area contributed by atoms with Gasteiger partial charge in [-0.3, -0.25) is 33.6 Å². The Bertz CT molecular complexity index is 2940. The average Bonchev–Trinajstić information content (AvgIpc) is 1.00. The van der Waals surface area contributed by atoms with Crippen LogP contribution in [0, 0.1) is 49.7 Å². The molecule has 115 heavy (non-hydrogen) atoms. The first-order valence-corrected chi connectivity index (χ1v) is 45.7. The highest BCUT2D eigenvalue weighted by Gasteiger charge is 2.64. The number of halogens is 3. The van der Waals surface area contributed by atoms with E-state index in [1.807, 2.05) is 166 Å². The van der Waals surface area contributed by atoms with Crippen molar-refractivity contribution in [3.63, 3.8) is 0 Å². The molecule has 0 aliphatic heterocycles. The van der Waals surface area contributed by atoms with Crippen molar-refractivity contribution in [3.05, 3.63) is 0 Å². The molecule has 0 aromatic carbocycles. The van der Waals surface area contributed by atoms with E-state index < -0.39 is 28.8 Å². The summed E-state index contributed by atoms with van der Waals surface area (Å²) in [5.41, 5.74) is -7.11. The first-order chi connectivity index (χ1) is 52.7. The molecule has 9 saturated carbocycles. The Hall–Kier alpha value is -4.00. The van der Waals surface area contributed by atoms with Crippen LogP contribution < -0.4 is 0 Å². The maximum absolute atomic E-state index is 13.6. The lowest BCUT2D eigenvalue weighted by molar-refractivity contribution is -0.273. The van der Waals surface area contributed by atoms with Crippen molar-refractivity contribution in [2.75, 3.05) is 6.79 Å². The summed E-state index contributed by atoms with van der Waals surface area (Å²) in [4.78, 5) is 83.8. The Morgan fingerprint density at radius 1 is 0.339 bits per heavy atom. The summed E-state index contributed by atoms with van der Waals surface area (Å²) in [5, 5.41) is 0. The fourth-order valence-electron chi connectivity index (χ4n) is 15.7. The third-order valence-electron chi connectivity index (χ3n) is 27.9. The number of esters is 7. The molecule has 0 saturated heterocycles. The molecule has 0 N–H and O–H groups in total. The van der Waals surface area contributed by atoms with Gasteiger partial charge in [-0.1, -0.05) is 101 Å². The second-order valence-electron chi connectivity index (χ2n) is 42.1. The van der Waals surface area contributed by atoms with Crippen molar-refractivity contribution >= 4 is 41.8 Å². The van der Waals surface area contributed by atoms with Crippen LogP contribution in [0.4, 0.5) is 13.2 Å². The van der Waals surface area contributed by atoms with Crippen LogP contribution in [0.5, 0.6) is 0 Å². The third kappa shape index (κ3) is 33.7. The van der Waals surface area contributed by atoms with Gasteiger partial charge < -0.3 is 42.6 Å². The predicted octanol–water partition coefficient (Wildman–Crippen LogP) is 26.6. The van der Waals surface area contributed by atoms with Crippen LogP contribution in [0.3, 0.4) is 0 Å². The Balaban J connectivity index is 0.000000469. The van der Waals surface area contributed by atoms with Gasteiger partial charge in [0.05, 0.1) is 44.2 Å². The van der Waals surface area contributed by atoms with Gasteiger partial charge in [-0.05, 0) is 362 Å². The molecule has 3 unspecified atom stereocenters. The minimum Gasteiger partial charge on any atom is -0.460 e. The molecule has 9 aliphatic rings. The highest BCUT2D eigenvalue weighted by atomic mass is 19.4. The molecule has 674 valence electrons. The van der Waals surface area contributed by atoms with Crippen molar-refractivity contribution < 1.29 is 89.4 Å². The standard InChI is InChI=1S/C23H35F3O4.C14H26O2.2C13H24O2.C12H22O2.C11H22O2.C10H20O2/c1-3-20(2,23(24,25)26)19(27)30-22-12-16-9-17(13-22)11-21(10-16,14-22)29-15-28-18-7-5-4-6-8-18;1-5-13(3,4)12(15)16-14(6-2)10-8-7-9-11-14;1-5-12(2,3)11(14)15-13(4)9-7-6-8-10-13;1-5-12(3,4)11(14)15-13(6-2)9-7-8-10-13;1-5-11(2,3)10(13)14-12(4)8-6-7-9-12;1-7-10(3,4)9(12)13-11(5,6)8-2;1-7-10(5,6)8(11)12-9(2,3)4/h16-18H,3-15H2,1-2H3;5-11H2,1-4H3;2*5-10H2,1-4H3;5-9H2,1-4H3;7-8H2,1-6H3;7H2,1-6H3. The Morgan fingerprint density at radius 3 is 0.965 bits per heavy atom. The Morgan fingerprint density at radius 2 is 0.643 bits per heavy atom. The van der Waals surface area contributed by atoms with Crippen LogP contribution in [-0.4, -0.2) is 106 Å². The second kappa shape index (κ2) is 44.7. The van der Waals surface area contributed by atoms with Crippen LogP contribution in [0.15, 0.2) is 0 Å². The van der Waals surface area contributed by atoms with Gasteiger partial charge in [0.1, 0.15) is 46.0 Å². The summed E-state index contributed by atoms with van der Waals surface area (Å²) < 4.78 is 92.4. The highest BCUT2D eigenvalue weighted by Crippen LogP contribution is 2.61. The normalized spacial score (nSPS) is 23.6. The number of carbonyl (C=O) groups excluding carboxylic acids is 7. The number of hydrogen-bond acceptors (Lipinski definition) is 16. The van der Waals surface area contributed by atoms with E-state index in [1.54, 1.807) is 0 Å². The van der Waals surface area contributed by atoms with Crippen LogP contribution in [0.2, 0.25) is 0 Å². The molecule has 0 heterocycles. The SMILES string of the molecule is CCC(C)(C(=O)OC12CC3CC(CC(OCOC4CCCCC4)(C3)C1)C2)C(F)(F)F.CCC(C)(C)C(=O)OC(C)(C)C.CCC(C)(C)C(=O)OC1(C)CCCC1.CCC(C)(C)C(=O)OC1(C)CCCCC1.CCC(C)(C)OC(=O)C(C)(C)CC.CCC1(OC(=O)C(C)(C)CC)CCCC1.CCC1(OC(=O)C(C)(C)CC)CCCCC1. The molecule has 0 aromatic heterocycles. The van der Waals surface area contributed by atoms with E-state index in [0.717, 1.165) is 148 Å². The molecule has 9 fully saturated rings. The van der Waals surface area contributed by atoms with Crippen LogP contribution in [0.1, 0.15) is 458 Å². The molecule has 9 aliphatic carbocycles. The van der Waals surface area contributed by atoms with Crippen LogP contribution in [0.25, 0.3) is 0 Å². The van der Waals surface area contributed by atoms with Crippen molar-refractivity contribution in [1.29, 1.82) is 0 Å². The molecule has 0 radical (unpaired) electrons. The zero-order chi connectivity index (χ0) is 88.4. The van der Waals surface area contributed by atoms with E-state index in [1.165, 1.54) is 90.4 Å². The molecular weight excluding hydrogens is 1470 g/mol. The van der Waals surface area contributed by atoms with Gasteiger partial charge in [0.2, 0.25) is 0 Å². The first kappa shape index (κ1) is 107. The zero-order valence-corrected chi connectivity index (χ0v) is 79.2. The first-order valence-electron chi connectivity index (χ1n) is 45.7. The van der Waals surface area contributed by atoms with Gasteiger partial charge in [-0.2, -0.15) is 13.2 Å². The average molecular weight is 1640 g/mol. The van der Waals surface area contributed by atoms with Crippen molar-refractivity contribution in [2.45, 2.75) is 515 Å². The molecule has 9 rings (SSSR count). The minimum atomic E-state index is -4.62. The van der Waals surface area contributed by atoms with E-state index in [-0.39, 0.29) is 121 Å². The van der Waals surface area contributed by atoms with Crippen molar-refractivity contribution in [2.24, 2.45) is 49.7 Å². The summed E-state index contributed by atoms with van der Waals surface area (Å²) >= 11 is 0. The van der Waals surface area contributed by atoms with E-state index in [2.05, 4.69) is 27.7 Å². The number of rotatable bonds is 27. The molecule has 0 aromatic rings. The molecule has 0 spiro atoms. The smallest absolute Gasteiger partial charge is 0.404 e. The maximum Gasteiger partial charge on any atom is 0.404 e. The monoisotopic (exact) mass is 1640 g/mol. The van der Waals surface area contributed by atoms with E-state index in [9.17, 15) is 46.7 Å². The minimum absolute atomic E-state index is 0.0150. The molecule has 4 bridgehead atoms. The molecule has 16 nitrogen and oxygen atoms in total. The lowest BCUT2D eigenvalue weighted by Gasteiger charge is -2.60. The number of ether oxygens (including phenoxy) is 9. The summed E-state index contributed by atoms with van der Waals surface area (Å²) in [5.74, 6) is -0.765. The number of hydrogen-bond donors (Lipinski definition) is 0. The lowest BCUT2D eigenvalue weighted by atomic mass is 9.52. The highest BCUT2D eigenvalue weighted by molar-refractivity contribution is 5.79. The van der Waals surface area contributed by atoms with Gasteiger partial charge in [-0.15, -0.1) is 0 Å². The summed E-state index contributed by atoms with van der Waals surface area (Å²) in [6, 6.07) is 0. The fraction of sp³-hybridized carbons (Fsp3) is 0.927. The van der Waals surface area contributed by atoms with Crippen molar-refractivity contribution in [1.82, 2.24) is 0 Å². The molecule has 0 amide bonds. The van der Waals surface area contributed by atoms with Gasteiger partial charge in [0.15, 0.2) is 5.41 Å². The zero-order valence-electron chi connectivity index (χ0n) is 79.2. The van der Waals surface area contributed by atoms with Crippen LogP contribution in [-0.2, 0) is 76.2 Å². The van der Waals surface area contributed by atoms with E-state index in [4.69, 9.17) is 42.6 Å². The van der Waals surface area contributed by atoms with E-state index >= 15 is 0 Å². The predicted molar refractivity (Wildman–Crippen MR) is 456 cm³/mol. The van der Waals surface area contributed by atoms with Gasteiger partial charge in [-0.25, -0.2) is 0 Å². The second-order valence-corrected chi connectivity index (χ2v) is 42.1. The molecular formula is C96H173F3O16. The third-order valence-corrected chi connectivity index (χ3v) is 27.9. The maximum atomic E-state index is 13.6. The summed E-state index contributed by atoms with van der Waals surface area (Å²) in [7, 11) is 0. The molecule has 3 atom stereocenters. The lowest BCUT2D eigenvalue weighted by Crippen LogP contribution is -2.62. The van der Waals surface area contributed by atoms with Gasteiger partial charge in [0.25, 0.3) is 0 Å². The van der Waals surface area contributed by atoms with Gasteiger partial charge in [0, 0.05) is 6.42 Å². The van der Waals surface area contributed by atoms with Crippen LogP contribution >= 0.6 is 0 Å². The topological polar surface area (TPSA) is 203 Å². The summed E-state index contributed by atoms with van der Waals surface area (Å²) in [6.07, 6.45) is 33.9. The Labute approximate surface area is 699 Å². The molecule has 19 heteroatoms. The number of alkyl halides is 3. The van der Waals surface area contributed by atoms with Crippen molar-refractivity contribution in [3.8, 4) is 0 Å². The van der Waals surface area contributed by atoms with Gasteiger partial charge >= 0.3 is 48.0 Å². The number of carbonyl (C=O) groups is 7. The Kier molecular flexibility index (Phi) is 41.6. The fourth-order valence-corrected chi connectivity index (χ4v) is 15.7. The van der Waals surface area contributed by atoms with E-state index in [0.29, 0.717) is 31.1 Å². The largest absolute Gasteiger partial charge is 0.460 e.